The van der Waals surface area contributed by atoms with Crippen LogP contribution in [-0.4, -0.2) is 64.8 Å². The molecule has 10 heteroatoms. The molecule has 0 saturated carbocycles. The van der Waals surface area contributed by atoms with E-state index in [4.69, 9.17) is 10.1 Å². The smallest absolute Gasteiger partial charge is 0.279 e. The molecule has 0 fully saturated rings. The SMILES string of the molecule is CCOc1ccc(C(=O)N=C2C(=N)N=C(SCC(=O)N(CC)CC)NC2=O)cc1. The lowest BCUT2D eigenvalue weighted by Crippen LogP contribution is -2.44. The van der Waals surface area contributed by atoms with Crippen molar-refractivity contribution in [2.24, 2.45) is 9.98 Å². The molecule has 0 bridgehead atoms. The van der Waals surface area contributed by atoms with Crippen LogP contribution in [0.25, 0.3) is 0 Å². The Morgan fingerprint density at radius 2 is 1.86 bits per heavy atom. The van der Waals surface area contributed by atoms with E-state index in [1.807, 2.05) is 20.8 Å². The number of hydrogen-bond donors (Lipinski definition) is 2. The van der Waals surface area contributed by atoms with Crippen LogP contribution in [0.2, 0.25) is 0 Å². The van der Waals surface area contributed by atoms with Gasteiger partial charge in [0, 0.05) is 18.7 Å². The minimum Gasteiger partial charge on any atom is -0.494 e. The monoisotopic (exact) mass is 417 g/mol. The predicted octanol–water partition coefficient (Wildman–Crippen LogP) is 1.73. The van der Waals surface area contributed by atoms with Gasteiger partial charge in [0.15, 0.2) is 16.7 Å². The Morgan fingerprint density at radius 3 is 2.41 bits per heavy atom. The van der Waals surface area contributed by atoms with E-state index in [0.29, 0.717) is 25.4 Å². The van der Waals surface area contributed by atoms with E-state index >= 15 is 0 Å². The molecular formula is C19H23N5O4S. The van der Waals surface area contributed by atoms with Crippen molar-refractivity contribution in [2.45, 2.75) is 20.8 Å². The van der Waals surface area contributed by atoms with Gasteiger partial charge in [0.25, 0.3) is 11.8 Å². The molecule has 3 amide bonds. The van der Waals surface area contributed by atoms with Gasteiger partial charge in [-0.25, -0.2) is 4.99 Å². The van der Waals surface area contributed by atoms with Gasteiger partial charge in [0.2, 0.25) is 5.91 Å². The summed E-state index contributed by atoms with van der Waals surface area (Å²) in [5.74, 6) is -1.18. The van der Waals surface area contributed by atoms with Crippen LogP contribution in [0.5, 0.6) is 5.75 Å². The van der Waals surface area contributed by atoms with E-state index in [1.165, 1.54) is 12.1 Å². The summed E-state index contributed by atoms with van der Waals surface area (Å²) in [4.78, 5) is 46.0. The van der Waals surface area contributed by atoms with Crippen molar-refractivity contribution in [2.75, 3.05) is 25.4 Å². The molecule has 2 rings (SSSR count). The van der Waals surface area contributed by atoms with Crippen LogP contribution in [0.15, 0.2) is 34.3 Å². The molecule has 9 nitrogen and oxygen atoms in total. The van der Waals surface area contributed by atoms with Crippen molar-refractivity contribution in [3.05, 3.63) is 29.8 Å². The molecular weight excluding hydrogens is 394 g/mol. The Morgan fingerprint density at radius 1 is 1.21 bits per heavy atom. The van der Waals surface area contributed by atoms with E-state index in [-0.39, 0.29) is 28.1 Å². The van der Waals surface area contributed by atoms with Crippen molar-refractivity contribution in [3.63, 3.8) is 0 Å². The molecule has 1 aliphatic rings. The topological polar surface area (TPSA) is 124 Å². The Balaban J connectivity index is 2.06. The van der Waals surface area contributed by atoms with Gasteiger partial charge in [-0.2, -0.15) is 4.99 Å². The molecule has 0 radical (unpaired) electrons. The van der Waals surface area contributed by atoms with Crippen molar-refractivity contribution < 1.29 is 19.1 Å². The molecule has 0 saturated heterocycles. The van der Waals surface area contributed by atoms with Gasteiger partial charge >= 0.3 is 0 Å². The van der Waals surface area contributed by atoms with Crippen molar-refractivity contribution in [1.82, 2.24) is 10.2 Å². The Hall–Kier alpha value is -3.01. The third-order valence-electron chi connectivity index (χ3n) is 3.95. The van der Waals surface area contributed by atoms with Crippen LogP contribution in [0.3, 0.4) is 0 Å². The number of aliphatic imine (C=N–C) groups is 2. The molecule has 2 N–H and O–H groups in total. The number of amides is 3. The number of nitrogens with zero attached hydrogens (tertiary/aromatic N) is 3. The Bertz CT molecular complexity index is 860. The van der Waals surface area contributed by atoms with E-state index in [2.05, 4.69) is 15.3 Å². The van der Waals surface area contributed by atoms with Gasteiger partial charge in [-0.15, -0.1) is 0 Å². The maximum absolute atomic E-state index is 12.3. The maximum Gasteiger partial charge on any atom is 0.279 e. The first kappa shape index (κ1) is 22.3. The number of amidine groups is 2. The number of carbonyl (C=O) groups excluding carboxylic acids is 3. The van der Waals surface area contributed by atoms with E-state index in [1.54, 1.807) is 17.0 Å². The predicted molar refractivity (Wildman–Crippen MR) is 113 cm³/mol. The van der Waals surface area contributed by atoms with Crippen LogP contribution in [0, 0.1) is 5.41 Å². The summed E-state index contributed by atoms with van der Waals surface area (Å²) in [6.07, 6.45) is 0. The van der Waals surface area contributed by atoms with Gasteiger partial charge in [-0.3, -0.25) is 25.1 Å². The van der Waals surface area contributed by atoms with Crippen LogP contribution < -0.4 is 10.1 Å². The molecule has 0 atom stereocenters. The first-order valence-corrected chi connectivity index (χ1v) is 10.1. The fraction of sp³-hybridized carbons (Fsp3) is 0.368. The fourth-order valence-corrected chi connectivity index (χ4v) is 3.21. The van der Waals surface area contributed by atoms with Crippen LogP contribution in [-0.2, 0) is 9.59 Å². The largest absolute Gasteiger partial charge is 0.494 e. The van der Waals surface area contributed by atoms with E-state index in [9.17, 15) is 14.4 Å². The fourth-order valence-electron chi connectivity index (χ4n) is 2.44. The Kier molecular flexibility index (Phi) is 8.08. The molecule has 29 heavy (non-hydrogen) atoms. The average molecular weight is 417 g/mol. The zero-order valence-electron chi connectivity index (χ0n) is 16.5. The van der Waals surface area contributed by atoms with E-state index in [0.717, 1.165) is 11.8 Å². The van der Waals surface area contributed by atoms with Crippen molar-refractivity contribution in [3.8, 4) is 5.75 Å². The third kappa shape index (κ3) is 5.98. The summed E-state index contributed by atoms with van der Waals surface area (Å²) in [7, 11) is 0. The lowest BCUT2D eigenvalue weighted by molar-refractivity contribution is -0.128. The highest BCUT2D eigenvalue weighted by Gasteiger charge is 2.26. The average Bonchev–Trinajstić information content (AvgIpc) is 2.70. The molecule has 0 unspecified atom stereocenters. The summed E-state index contributed by atoms with van der Waals surface area (Å²) in [6.45, 7) is 7.30. The van der Waals surface area contributed by atoms with Crippen LogP contribution >= 0.6 is 11.8 Å². The molecule has 1 aromatic carbocycles. The van der Waals surface area contributed by atoms with Crippen LogP contribution in [0.1, 0.15) is 31.1 Å². The highest BCUT2D eigenvalue weighted by Crippen LogP contribution is 2.14. The molecule has 1 aliphatic heterocycles. The van der Waals surface area contributed by atoms with Gasteiger partial charge in [0.1, 0.15) is 5.75 Å². The number of rotatable bonds is 7. The quantitative estimate of drug-likeness (QED) is 0.699. The number of benzene rings is 1. The lowest BCUT2D eigenvalue weighted by atomic mass is 10.2. The molecule has 0 aliphatic carbocycles. The van der Waals surface area contributed by atoms with Gasteiger partial charge in [-0.05, 0) is 45.0 Å². The third-order valence-corrected chi connectivity index (χ3v) is 4.81. The number of nitrogens with one attached hydrogen (secondary N) is 2. The minimum atomic E-state index is -0.706. The molecule has 1 heterocycles. The summed E-state index contributed by atoms with van der Waals surface area (Å²) >= 11 is 1.03. The summed E-state index contributed by atoms with van der Waals surface area (Å²) in [5, 5.41) is 10.5. The molecule has 0 spiro atoms. The number of thioether (sulfide) groups is 1. The van der Waals surface area contributed by atoms with Gasteiger partial charge in [0.05, 0.1) is 12.4 Å². The normalized spacial score (nSPS) is 15.0. The van der Waals surface area contributed by atoms with E-state index < -0.39 is 17.6 Å². The second-order valence-electron chi connectivity index (χ2n) is 5.80. The molecule has 1 aromatic rings. The van der Waals surface area contributed by atoms with Gasteiger partial charge < -0.3 is 9.64 Å². The molecule has 0 aromatic heterocycles. The Labute approximate surface area is 173 Å². The minimum absolute atomic E-state index is 0.0889. The maximum atomic E-state index is 12.3. The number of carbonyl (C=O) groups is 3. The number of ether oxygens (including phenoxy) is 1. The number of hydrogen-bond acceptors (Lipinski definition) is 6. The first-order valence-electron chi connectivity index (χ1n) is 9.14. The van der Waals surface area contributed by atoms with Crippen molar-refractivity contribution >= 4 is 46.2 Å². The first-order chi connectivity index (χ1) is 13.9. The summed E-state index contributed by atoms with van der Waals surface area (Å²) < 4.78 is 5.31. The van der Waals surface area contributed by atoms with Gasteiger partial charge in [-0.1, -0.05) is 11.8 Å². The second-order valence-corrected chi connectivity index (χ2v) is 6.76. The summed E-state index contributed by atoms with van der Waals surface area (Å²) in [6, 6.07) is 6.32. The zero-order chi connectivity index (χ0) is 21.4. The van der Waals surface area contributed by atoms with Crippen LogP contribution in [0.4, 0.5) is 0 Å². The van der Waals surface area contributed by atoms with Crippen molar-refractivity contribution in [1.29, 1.82) is 5.41 Å². The second kappa shape index (κ2) is 10.5. The molecule has 154 valence electrons. The standard InChI is InChI=1S/C19H23N5O4S/c1-4-24(5-2)14(25)11-29-19-22-16(20)15(18(27)23-19)21-17(26)12-7-9-13(10-8-12)28-6-3/h7-10H,4-6,11H2,1-3H3,(H2,20,22,23,27). The summed E-state index contributed by atoms with van der Waals surface area (Å²) in [5.41, 5.74) is -0.112. The highest BCUT2D eigenvalue weighted by atomic mass is 32.2. The highest BCUT2D eigenvalue weighted by molar-refractivity contribution is 8.14. The zero-order valence-corrected chi connectivity index (χ0v) is 17.3. The lowest BCUT2D eigenvalue weighted by Gasteiger charge is -2.19.